The summed E-state index contributed by atoms with van der Waals surface area (Å²) >= 11 is 0. The van der Waals surface area contributed by atoms with Crippen molar-refractivity contribution >= 4 is 17.8 Å². The van der Waals surface area contributed by atoms with E-state index in [0.29, 0.717) is 38.5 Å². The van der Waals surface area contributed by atoms with Crippen LogP contribution in [0, 0.1) is 5.82 Å². The van der Waals surface area contributed by atoms with Crippen LogP contribution < -0.4 is 5.32 Å². The number of hydrogen-bond acceptors (Lipinski definition) is 7. The van der Waals surface area contributed by atoms with Crippen molar-refractivity contribution in [3.05, 3.63) is 72.3 Å². The van der Waals surface area contributed by atoms with Crippen LogP contribution in [0.15, 0.2) is 59.5 Å². The number of ketones is 1. The molecule has 206 valence electrons. The van der Waals surface area contributed by atoms with Gasteiger partial charge in [0.15, 0.2) is 5.78 Å². The fourth-order valence-electron chi connectivity index (χ4n) is 4.58. The molecule has 39 heavy (non-hydrogen) atoms. The van der Waals surface area contributed by atoms with Gasteiger partial charge in [-0.05, 0) is 58.6 Å². The van der Waals surface area contributed by atoms with E-state index in [0.717, 1.165) is 0 Å². The van der Waals surface area contributed by atoms with Crippen molar-refractivity contribution in [2.45, 2.75) is 76.9 Å². The van der Waals surface area contributed by atoms with Gasteiger partial charge in [-0.3, -0.25) is 9.59 Å². The first-order valence-corrected chi connectivity index (χ1v) is 13.1. The molecule has 1 aliphatic heterocycles. The molecular weight excluding hydrogens is 503 g/mol. The van der Waals surface area contributed by atoms with Crippen LogP contribution in [0.25, 0.3) is 11.3 Å². The number of imidazole rings is 1. The number of nitrogens with zero attached hydrogens (tertiary/aromatic N) is 3. The second-order valence-corrected chi connectivity index (χ2v) is 10.6. The molecule has 0 aliphatic carbocycles. The number of rotatable bonds is 8. The van der Waals surface area contributed by atoms with E-state index in [2.05, 4.69) is 10.5 Å². The third kappa shape index (κ3) is 6.87. The molecule has 2 aromatic heterocycles. The van der Waals surface area contributed by atoms with Gasteiger partial charge in [0.1, 0.15) is 34.7 Å². The van der Waals surface area contributed by atoms with Gasteiger partial charge in [0.05, 0.1) is 5.69 Å². The van der Waals surface area contributed by atoms with Crippen molar-refractivity contribution in [3.8, 4) is 11.3 Å². The molecule has 10 heteroatoms. The molecule has 1 fully saturated rings. The van der Waals surface area contributed by atoms with E-state index in [-0.39, 0.29) is 40.9 Å². The highest BCUT2D eigenvalue weighted by molar-refractivity contribution is 5.94. The van der Waals surface area contributed by atoms with Gasteiger partial charge in [-0.1, -0.05) is 35.9 Å². The van der Waals surface area contributed by atoms with Crippen molar-refractivity contribution in [1.29, 1.82) is 0 Å². The van der Waals surface area contributed by atoms with Crippen LogP contribution in [0.4, 0.5) is 9.18 Å². The van der Waals surface area contributed by atoms with E-state index in [1.165, 1.54) is 29.2 Å². The SMILES string of the molecule is CC(C)(C)OC(=O)n1cc(-c2ccccc2F)nc1[C@]1(C/C=C/CCC(=O)c2ccon2)CCCCC(=O)N1. The lowest BCUT2D eigenvalue weighted by molar-refractivity contribution is -0.122. The molecule has 0 saturated carbocycles. The van der Waals surface area contributed by atoms with E-state index < -0.39 is 23.1 Å². The lowest BCUT2D eigenvalue weighted by Crippen LogP contribution is -2.47. The van der Waals surface area contributed by atoms with E-state index in [9.17, 15) is 18.8 Å². The number of ether oxygens (including phenoxy) is 1. The van der Waals surface area contributed by atoms with Gasteiger partial charge < -0.3 is 14.6 Å². The van der Waals surface area contributed by atoms with Crippen molar-refractivity contribution in [3.63, 3.8) is 0 Å². The van der Waals surface area contributed by atoms with Gasteiger partial charge in [-0.2, -0.15) is 0 Å². The van der Waals surface area contributed by atoms with Crippen molar-refractivity contribution in [2.24, 2.45) is 0 Å². The Morgan fingerprint density at radius 1 is 1.21 bits per heavy atom. The minimum absolute atomic E-state index is 0.138. The average Bonchev–Trinajstić information content (AvgIpc) is 3.53. The first-order valence-electron chi connectivity index (χ1n) is 13.1. The fraction of sp³-hybridized carbons (Fsp3) is 0.414. The van der Waals surface area contributed by atoms with E-state index in [4.69, 9.17) is 14.2 Å². The number of halogens is 1. The third-order valence-corrected chi connectivity index (χ3v) is 6.40. The zero-order chi connectivity index (χ0) is 28.0. The number of amides is 1. The Morgan fingerprint density at radius 2 is 2.00 bits per heavy atom. The highest BCUT2D eigenvalue weighted by Crippen LogP contribution is 2.36. The summed E-state index contributed by atoms with van der Waals surface area (Å²) in [7, 11) is 0. The second kappa shape index (κ2) is 11.8. The van der Waals surface area contributed by atoms with Crippen LogP contribution in [0.1, 0.15) is 82.0 Å². The summed E-state index contributed by atoms with van der Waals surface area (Å²) in [6.45, 7) is 5.27. The molecule has 0 bridgehead atoms. The molecule has 0 unspecified atom stereocenters. The van der Waals surface area contributed by atoms with Gasteiger partial charge >= 0.3 is 6.09 Å². The zero-order valence-electron chi connectivity index (χ0n) is 22.4. The predicted octanol–water partition coefficient (Wildman–Crippen LogP) is 5.96. The summed E-state index contributed by atoms with van der Waals surface area (Å²) in [6, 6.07) is 7.71. The molecule has 1 saturated heterocycles. The summed E-state index contributed by atoms with van der Waals surface area (Å²) in [4.78, 5) is 43.1. The molecule has 0 spiro atoms. The Balaban J connectivity index is 1.69. The number of allylic oxidation sites excluding steroid dienone is 1. The number of Topliss-reactive ketones (excluding diaryl/α,β-unsaturated/α-hetero) is 1. The van der Waals surface area contributed by atoms with Crippen LogP contribution in [-0.2, 0) is 15.1 Å². The topological polar surface area (TPSA) is 116 Å². The quantitative estimate of drug-likeness (QED) is 0.279. The Morgan fingerprint density at radius 3 is 2.72 bits per heavy atom. The molecule has 0 radical (unpaired) electrons. The summed E-state index contributed by atoms with van der Waals surface area (Å²) < 4.78 is 26.4. The van der Waals surface area contributed by atoms with Gasteiger partial charge in [-0.15, -0.1) is 0 Å². The van der Waals surface area contributed by atoms with Crippen molar-refractivity contribution in [1.82, 2.24) is 20.0 Å². The highest BCUT2D eigenvalue weighted by atomic mass is 19.1. The number of hydrogen-bond donors (Lipinski definition) is 1. The Hall–Kier alpha value is -4.08. The van der Waals surface area contributed by atoms with E-state index >= 15 is 0 Å². The number of carbonyl (C=O) groups is 3. The minimum atomic E-state index is -1.04. The predicted molar refractivity (Wildman–Crippen MR) is 141 cm³/mol. The zero-order valence-corrected chi connectivity index (χ0v) is 22.4. The Labute approximate surface area is 226 Å². The molecule has 9 nitrogen and oxygen atoms in total. The van der Waals surface area contributed by atoms with Crippen LogP contribution in [0.2, 0.25) is 0 Å². The monoisotopic (exact) mass is 536 g/mol. The Bertz CT molecular complexity index is 1360. The van der Waals surface area contributed by atoms with E-state index in [1.807, 2.05) is 12.2 Å². The molecule has 1 atom stereocenters. The van der Waals surface area contributed by atoms with Gasteiger partial charge in [0, 0.05) is 30.7 Å². The maximum Gasteiger partial charge on any atom is 0.420 e. The lowest BCUT2D eigenvalue weighted by Gasteiger charge is -2.32. The molecule has 1 N–H and O–H groups in total. The maximum atomic E-state index is 14.7. The van der Waals surface area contributed by atoms with Gasteiger partial charge in [0.25, 0.3) is 0 Å². The average molecular weight is 537 g/mol. The summed E-state index contributed by atoms with van der Waals surface area (Å²) in [5.41, 5.74) is -1.06. The number of carbonyl (C=O) groups excluding carboxylic acids is 3. The third-order valence-electron chi connectivity index (χ3n) is 6.40. The largest absolute Gasteiger partial charge is 0.443 e. The lowest BCUT2D eigenvalue weighted by atomic mass is 9.88. The van der Waals surface area contributed by atoms with E-state index in [1.54, 1.807) is 39.0 Å². The first kappa shape index (κ1) is 27.9. The van der Waals surface area contributed by atoms with Crippen LogP contribution in [0.5, 0.6) is 0 Å². The number of aromatic nitrogens is 3. The first-order chi connectivity index (χ1) is 18.6. The smallest absolute Gasteiger partial charge is 0.420 e. The molecule has 3 heterocycles. The minimum Gasteiger partial charge on any atom is -0.443 e. The van der Waals surface area contributed by atoms with Gasteiger partial charge in [-0.25, -0.2) is 18.7 Å². The number of nitrogens with one attached hydrogen (secondary N) is 1. The molecule has 1 aromatic carbocycles. The molecule has 4 rings (SSSR count). The van der Waals surface area contributed by atoms with Crippen molar-refractivity contribution in [2.75, 3.05) is 0 Å². The standard InChI is InChI=1S/C29H33FN4O5/c1-28(2,3)39-27(37)34-19-23(20-11-6-7-12-21(20)30)31-26(34)29(17-10-8-14-25(36)32-29)16-9-4-5-13-24(35)22-15-18-38-33-22/h4,6-7,9,11-12,15,18-19H,5,8,10,13-14,16-17H2,1-3H3,(H,32,36)/b9-4+/t29-/m0/s1. The number of benzene rings is 1. The normalized spacial score (nSPS) is 18.1. The molecule has 3 aromatic rings. The van der Waals surface area contributed by atoms with Crippen LogP contribution in [0.3, 0.4) is 0 Å². The summed E-state index contributed by atoms with van der Waals surface area (Å²) in [5, 5.41) is 6.77. The molecule has 1 amide bonds. The van der Waals surface area contributed by atoms with Gasteiger partial charge in [0.2, 0.25) is 5.91 Å². The second-order valence-electron chi connectivity index (χ2n) is 10.6. The molecular formula is C29H33FN4O5. The molecule has 1 aliphatic rings. The Kier molecular flexibility index (Phi) is 8.42. The van der Waals surface area contributed by atoms with Crippen LogP contribution >= 0.6 is 0 Å². The fourth-order valence-corrected chi connectivity index (χ4v) is 4.58. The van der Waals surface area contributed by atoms with Crippen LogP contribution in [-0.4, -0.2) is 38.1 Å². The summed E-state index contributed by atoms with van der Waals surface area (Å²) in [6.07, 6.45) is 9.15. The highest BCUT2D eigenvalue weighted by Gasteiger charge is 2.40. The van der Waals surface area contributed by atoms with Crippen molar-refractivity contribution < 1.29 is 28.0 Å². The summed E-state index contributed by atoms with van der Waals surface area (Å²) in [5.74, 6) is -0.503. The maximum absolute atomic E-state index is 14.7.